The minimum atomic E-state index is -0.574. The summed E-state index contributed by atoms with van der Waals surface area (Å²) in [6.07, 6.45) is 3.01. The van der Waals surface area contributed by atoms with Crippen LogP contribution in [0.4, 0.5) is 0 Å². The fraction of sp³-hybridized carbons (Fsp3) is 0.125. The van der Waals surface area contributed by atoms with Crippen LogP contribution in [-0.2, 0) is 18.4 Å². The molecule has 2 amide bonds. The summed E-state index contributed by atoms with van der Waals surface area (Å²) in [7, 11) is 1.71. The van der Waals surface area contributed by atoms with Gasteiger partial charge in [0.05, 0.1) is 17.2 Å². The van der Waals surface area contributed by atoms with Crippen LogP contribution in [0.2, 0.25) is 0 Å². The van der Waals surface area contributed by atoms with E-state index in [1.54, 1.807) is 54.2 Å². The minimum Gasteiger partial charge on any atom is -0.347 e. The molecule has 0 aliphatic carbocycles. The number of fused-ring (bicyclic) bond motifs is 1. The Morgan fingerprint density at radius 2 is 1.96 bits per heavy atom. The van der Waals surface area contributed by atoms with Gasteiger partial charge in [-0.25, -0.2) is 4.98 Å². The predicted octanol–water partition coefficient (Wildman–Crippen LogP) is 0.692. The molecule has 0 radical (unpaired) electrons. The van der Waals surface area contributed by atoms with Gasteiger partial charge in [0.1, 0.15) is 12.2 Å². The predicted molar refractivity (Wildman–Crippen MR) is 83.9 cm³/mol. The van der Waals surface area contributed by atoms with Gasteiger partial charge in [-0.3, -0.25) is 24.3 Å². The van der Waals surface area contributed by atoms with Crippen LogP contribution in [-0.4, -0.2) is 25.9 Å². The number of hydrogen-bond donors (Lipinski definition) is 1. The minimum absolute atomic E-state index is 0.271. The number of imide groups is 1. The smallest absolute Gasteiger partial charge is 0.274 e. The molecule has 0 saturated heterocycles. The number of hydrogen-bond acceptors (Lipinski definition) is 4. The molecule has 3 aromatic rings. The van der Waals surface area contributed by atoms with Crippen molar-refractivity contribution < 1.29 is 9.59 Å². The molecule has 7 nitrogen and oxygen atoms in total. The van der Waals surface area contributed by atoms with E-state index in [1.165, 1.54) is 10.9 Å². The third-order valence-corrected chi connectivity index (χ3v) is 3.47. The molecule has 0 aliphatic heterocycles. The molecule has 2 heterocycles. The number of benzene rings is 1. The summed E-state index contributed by atoms with van der Waals surface area (Å²) in [6.45, 7) is -0.271. The Morgan fingerprint density at radius 3 is 2.70 bits per heavy atom. The molecule has 0 bridgehead atoms. The highest BCUT2D eigenvalue weighted by molar-refractivity contribution is 6.03. The summed E-state index contributed by atoms with van der Waals surface area (Å²) in [5, 5.41) is 2.69. The Hall–Kier alpha value is -3.22. The maximum Gasteiger partial charge on any atom is 0.274 e. The van der Waals surface area contributed by atoms with Gasteiger partial charge in [-0.2, -0.15) is 0 Å². The molecular weight excluding hydrogens is 296 g/mol. The maximum absolute atomic E-state index is 12.3. The molecule has 3 rings (SSSR count). The highest BCUT2D eigenvalue weighted by Gasteiger charge is 2.14. The molecule has 1 N–H and O–H groups in total. The van der Waals surface area contributed by atoms with Crippen LogP contribution in [0.25, 0.3) is 10.9 Å². The Labute approximate surface area is 131 Å². The van der Waals surface area contributed by atoms with Gasteiger partial charge >= 0.3 is 0 Å². The second-order valence-corrected chi connectivity index (χ2v) is 5.08. The summed E-state index contributed by atoms with van der Waals surface area (Å²) in [4.78, 5) is 40.4. The van der Waals surface area contributed by atoms with Gasteiger partial charge in [-0.05, 0) is 24.3 Å². The van der Waals surface area contributed by atoms with Crippen LogP contribution < -0.4 is 10.9 Å². The summed E-state index contributed by atoms with van der Waals surface area (Å²) < 4.78 is 2.78. The second kappa shape index (κ2) is 5.88. The van der Waals surface area contributed by atoms with Gasteiger partial charge in [0.2, 0.25) is 5.91 Å². The van der Waals surface area contributed by atoms with Crippen molar-refractivity contribution >= 4 is 22.7 Å². The van der Waals surface area contributed by atoms with Crippen LogP contribution in [0.15, 0.2) is 53.7 Å². The number of carbonyl (C=O) groups is 2. The van der Waals surface area contributed by atoms with E-state index in [-0.39, 0.29) is 12.1 Å². The van der Waals surface area contributed by atoms with E-state index in [1.807, 2.05) is 0 Å². The number of nitrogens with zero attached hydrogens (tertiary/aromatic N) is 3. The average Bonchev–Trinajstić information content (AvgIpc) is 2.96. The van der Waals surface area contributed by atoms with E-state index in [2.05, 4.69) is 10.3 Å². The zero-order valence-electron chi connectivity index (χ0n) is 12.4. The topological polar surface area (TPSA) is 86.0 Å². The molecule has 116 valence electrons. The maximum atomic E-state index is 12.3. The standard InChI is InChI=1S/C16H14N4O3/c1-19-8-4-7-13(19)15(22)18-14(21)9-20-10-17-12-6-3-2-5-11(12)16(20)23/h2-8,10H,9H2,1H3,(H,18,21,22). The first-order valence-corrected chi connectivity index (χ1v) is 6.96. The van der Waals surface area contributed by atoms with E-state index in [9.17, 15) is 14.4 Å². The van der Waals surface area contributed by atoms with E-state index in [0.717, 1.165) is 0 Å². The lowest BCUT2D eigenvalue weighted by molar-refractivity contribution is -0.120. The summed E-state index contributed by atoms with van der Waals surface area (Å²) in [5.74, 6) is -1.08. The quantitative estimate of drug-likeness (QED) is 0.771. The third kappa shape index (κ3) is 2.89. The number of nitrogens with one attached hydrogen (secondary N) is 1. The van der Waals surface area contributed by atoms with Crippen molar-refractivity contribution in [3.05, 3.63) is 65.0 Å². The highest BCUT2D eigenvalue weighted by atomic mass is 16.2. The zero-order chi connectivity index (χ0) is 16.4. The number of para-hydroxylation sites is 1. The average molecular weight is 310 g/mol. The Kier molecular flexibility index (Phi) is 3.76. The van der Waals surface area contributed by atoms with Crippen LogP contribution in [0, 0.1) is 0 Å². The fourth-order valence-electron chi connectivity index (χ4n) is 2.30. The molecule has 1 aromatic carbocycles. The van der Waals surface area contributed by atoms with Crippen LogP contribution in [0.1, 0.15) is 10.5 Å². The first kappa shape index (κ1) is 14.7. The van der Waals surface area contributed by atoms with E-state index in [0.29, 0.717) is 16.6 Å². The van der Waals surface area contributed by atoms with E-state index >= 15 is 0 Å². The van der Waals surface area contributed by atoms with Gasteiger partial charge in [0.15, 0.2) is 0 Å². The molecule has 7 heteroatoms. The van der Waals surface area contributed by atoms with Gasteiger partial charge in [-0.15, -0.1) is 0 Å². The normalized spacial score (nSPS) is 10.7. The molecular formula is C16H14N4O3. The Morgan fingerprint density at radius 1 is 1.17 bits per heavy atom. The number of rotatable bonds is 3. The Balaban J connectivity index is 1.78. The summed E-state index contributed by atoms with van der Waals surface area (Å²) >= 11 is 0. The fourth-order valence-corrected chi connectivity index (χ4v) is 2.30. The summed E-state index contributed by atoms with van der Waals surface area (Å²) in [5.41, 5.74) is 0.605. The van der Waals surface area contributed by atoms with Gasteiger partial charge in [0.25, 0.3) is 11.5 Å². The van der Waals surface area contributed by atoms with Crippen molar-refractivity contribution in [2.75, 3.05) is 0 Å². The van der Waals surface area contributed by atoms with Crippen molar-refractivity contribution in [3.8, 4) is 0 Å². The second-order valence-electron chi connectivity index (χ2n) is 5.08. The van der Waals surface area contributed by atoms with Crippen LogP contribution in [0.5, 0.6) is 0 Å². The van der Waals surface area contributed by atoms with Gasteiger partial charge in [0, 0.05) is 13.2 Å². The van der Waals surface area contributed by atoms with Crippen molar-refractivity contribution in [2.24, 2.45) is 7.05 Å². The molecule has 0 saturated carbocycles. The first-order chi connectivity index (χ1) is 11.1. The van der Waals surface area contributed by atoms with Crippen LogP contribution in [0.3, 0.4) is 0 Å². The number of aromatic nitrogens is 3. The summed E-state index contributed by atoms with van der Waals surface area (Å²) in [6, 6.07) is 10.2. The lowest BCUT2D eigenvalue weighted by Crippen LogP contribution is -2.36. The molecule has 0 fully saturated rings. The number of amides is 2. The lowest BCUT2D eigenvalue weighted by atomic mass is 10.2. The van der Waals surface area contributed by atoms with Crippen LogP contribution >= 0.6 is 0 Å². The van der Waals surface area contributed by atoms with E-state index in [4.69, 9.17) is 0 Å². The Bertz CT molecular complexity index is 955. The molecule has 0 unspecified atom stereocenters. The lowest BCUT2D eigenvalue weighted by Gasteiger charge is -2.07. The van der Waals surface area contributed by atoms with Gasteiger partial charge in [-0.1, -0.05) is 12.1 Å². The monoisotopic (exact) mass is 310 g/mol. The molecule has 23 heavy (non-hydrogen) atoms. The van der Waals surface area contributed by atoms with Gasteiger partial charge < -0.3 is 4.57 Å². The molecule has 0 spiro atoms. The van der Waals surface area contributed by atoms with Crippen molar-refractivity contribution in [1.29, 1.82) is 0 Å². The van der Waals surface area contributed by atoms with Crippen molar-refractivity contribution in [3.63, 3.8) is 0 Å². The number of aryl methyl sites for hydroxylation is 1. The van der Waals surface area contributed by atoms with Crippen molar-refractivity contribution in [2.45, 2.75) is 6.54 Å². The SMILES string of the molecule is Cn1cccc1C(=O)NC(=O)Cn1cnc2ccccc2c1=O. The number of carbonyl (C=O) groups excluding carboxylic acids is 2. The molecule has 0 aliphatic rings. The van der Waals surface area contributed by atoms with E-state index < -0.39 is 11.8 Å². The third-order valence-electron chi connectivity index (χ3n) is 3.47. The van der Waals surface area contributed by atoms with Crippen molar-refractivity contribution in [1.82, 2.24) is 19.4 Å². The first-order valence-electron chi connectivity index (χ1n) is 6.96. The zero-order valence-corrected chi connectivity index (χ0v) is 12.4. The largest absolute Gasteiger partial charge is 0.347 e. The molecule has 0 atom stereocenters. The highest BCUT2D eigenvalue weighted by Crippen LogP contribution is 2.04. The molecule has 2 aromatic heterocycles.